The van der Waals surface area contributed by atoms with Gasteiger partial charge in [0, 0.05) is 11.4 Å². The van der Waals surface area contributed by atoms with Crippen LogP contribution in [0.3, 0.4) is 0 Å². The summed E-state index contributed by atoms with van der Waals surface area (Å²) in [5.74, 6) is 0. The standard InChI is InChI=1S/C11H13ClO2/c1-8-5-9(3-4-10(8)12)6-11(2,14)7-13/h3-5,7,14H,6H2,1-2H3. The lowest BCUT2D eigenvalue weighted by molar-refractivity contribution is -0.122. The Labute approximate surface area is 88.5 Å². The number of hydrogen-bond acceptors (Lipinski definition) is 2. The van der Waals surface area contributed by atoms with Crippen molar-refractivity contribution in [2.75, 3.05) is 0 Å². The SMILES string of the molecule is Cc1cc(CC(C)(O)C=O)ccc1Cl. The van der Waals surface area contributed by atoms with Crippen molar-refractivity contribution in [2.24, 2.45) is 0 Å². The highest BCUT2D eigenvalue weighted by Crippen LogP contribution is 2.19. The summed E-state index contributed by atoms with van der Waals surface area (Å²) in [6, 6.07) is 5.46. The zero-order chi connectivity index (χ0) is 10.8. The average Bonchev–Trinajstić information content (AvgIpc) is 2.11. The van der Waals surface area contributed by atoms with Gasteiger partial charge < -0.3 is 9.90 Å². The van der Waals surface area contributed by atoms with Crippen LogP contribution in [0.5, 0.6) is 0 Å². The van der Waals surface area contributed by atoms with Crippen LogP contribution >= 0.6 is 11.6 Å². The molecule has 0 saturated heterocycles. The summed E-state index contributed by atoms with van der Waals surface area (Å²) < 4.78 is 0. The highest BCUT2D eigenvalue weighted by molar-refractivity contribution is 6.31. The molecule has 1 rings (SSSR count). The molecule has 0 spiro atoms. The summed E-state index contributed by atoms with van der Waals surface area (Å²) in [4.78, 5) is 10.5. The fraction of sp³-hybridized carbons (Fsp3) is 0.364. The van der Waals surface area contributed by atoms with Gasteiger partial charge in [-0.25, -0.2) is 0 Å². The first-order chi connectivity index (χ1) is 6.44. The van der Waals surface area contributed by atoms with Gasteiger partial charge in [-0.2, -0.15) is 0 Å². The predicted octanol–water partition coefficient (Wildman–Crippen LogP) is 2.14. The van der Waals surface area contributed by atoms with E-state index in [1.54, 1.807) is 6.07 Å². The number of hydrogen-bond donors (Lipinski definition) is 1. The van der Waals surface area contributed by atoms with Gasteiger partial charge in [-0.3, -0.25) is 0 Å². The number of benzene rings is 1. The van der Waals surface area contributed by atoms with E-state index in [-0.39, 0.29) is 0 Å². The van der Waals surface area contributed by atoms with Crippen molar-refractivity contribution in [3.63, 3.8) is 0 Å². The van der Waals surface area contributed by atoms with Gasteiger partial charge in [-0.05, 0) is 31.0 Å². The van der Waals surface area contributed by atoms with E-state index < -0.39 is 5.60 Å². The monoisotopic (exact) mass is 212 g/mol. The van der Waals surface area contributed by atoms with E-state index in [4.69, 9.17) is 11.6 Å². The van der Waals surface area contributed by atoms with Crippen molar-refractivity contribution in [1.82, 2.24) is 0 Å². The number of aldehydes is 1. The molecule has 14 heavy (non-hydrogen) atoms. The Kier molecular flexibility index (Phi) is 3.29. The largest absolute Gasteiger partial charge is 0.382 e. The molecule has 0 saturated carbocycles. The molecule has 0 bridgehead atoms. The lowest BCUT2D eigenvalue weighted by atomic mass is 9.97. The van der Waals surface area contributed by atoms with E-state index in [1.165, 1.54) is 6.92 Å². The predicted molar refractivity (Wildman–Crippen MR) is 56.6 cm³/mol. The Hall–Kier alpha value is -0.860. The molecule has 76 valence electrons. The van der Waals surface area contributed by atoms with Crippen LogP contribution in [0.2, 0.25) is 5.02 Å². The molecule has 1 aromatic carbocycles. The fourth-order valence-electron chi connectivity index (χ4n) is 1.27. The van der Waals surface area contributed by atoms with Gasteiger partial charge in [0.2, 0.25) is 0 Å². The van der Waals surface area contributed by atoms with Crippen LogP contribution in [-0.2, 0) is 11.2 Å². The van der Waals surface area contributed by atoms with Crippen molar-refractivity contribution < 1.29 is 9.90 Å². The molecule has 0 heterocycles. The first-order valence-corrected chi connectivity index (χ1v) is 4.76. The molecular weight excluding hydrogens is 200 g/mol. The second-order valence-corrected chi connectivity index (χ2v) is 4.14. The molecule has 2 nitrogen and oxygen atoms in total. The maximum Gasteiger partial charge on any atom is 0.151 e. The van der Waals surface area contributed by atoms with Crippen molar-refractivity contribution in [3.8, 4) is 0 Å². The highest BCUT2D eigenvalue weighted by Gasteiger charge is 2.19. The van der Waals surface area contributed by atoms with E-state index in [0.717, 1.165) is 11.1 Å². The molecule has 0 aliphatic carbocycles. The average molecular weight is 213 g/mol. The molecule has 0 fully saturated rings. The fourth-order valence-corrected chi connectivity index (χ4v) is 1.39. The third-order valence-electron chi connectivity index (χ3n) is 2.04. The molecule has 1 aromatic rings. The summed E-state index contributed by atoms with van der Waals surface area (Å²) in [5.41, 5.74) is 0.565. The van der Waals surface area contributed by atoms with Crippen LogP contribution in [-0.4, -0.2) is 17.0 Å². The lowest BCUT2D eigenvalue weighted by Gasteiger charge is -2.15. The van der Waals surface area contributed by atoms with Gasteiger partial charge in [0.05, 0.1) is 0 Å². The van der Waals surface area contributed by atoms with Crippen LogP contribution in [0.1, 0.15) is 18.1 Å². The van der Waals surface area contributed by atoms with E-state index in [9.17, 15) is 9.90 Å². The van der Waals surface area contributed by atoms with Crippen LogP contribution in [0.25, 0.3) is 0 Å². The van der Waals surface area contributed by atoms with Crippen LogP contribution in [0.15, 0.2) is 18.2 Å². The topological polar surface area (TPSA) is 37.3 Å². The summed E-state index contributed by atoms with van der Waals surface area (Å²) in [5, 5.41) is 10.2. The molecule has 1 atom stereocenters. The second kappa shape index (κ2) is 4.11. The van der Waals surface area contributed by atoms with Gasteiger partial charge >= 0.3 is 0 Å². The third-order valence-corrected chi connectivity index (χ3v) is 2.46. The minimum Gasteiger partial charge on any atom is -0.382 e. The number of aryl methyl sites for hydroxylation is 1. The van der Waals surface area contributed by atoms with Crippen molar-refractivity contribution in [1.29, 1.82) is 0 Å². The first-order valence-electron chi connectivity index (χ1n) is 4.38. The van der Waals surface area contributed by atoms with Gasteiger partial charge in [0.1, 0.15) is 5.60 Å². The smallest absolute Gasteiger partial charge is 0.151 e. The van der Waals surface area contributed by atoms with Crippen LogP contribution in [0.4, 0.5) is 0 Å². The highest BCUT2D eigenvalue weighted by atomic mass is 35.5. The molecule has 1 unspecified atom stereocenters. The van der Waals surface area contributed by atoms with Crippen molar-refractivity contribution in [3.05, 3.63) is 34.3 Å². The van der Waals surface area contributed by atoms with E-state index in [1.807, 2.05) is 19.1 Å². The molecule has 0 aliphatic rings. The molecule has 3 heteroatoms. The van der Waals surface area contributed by atoms with Gasteiger partial charge in [-0.15, -0.1) is 0 Å². The number of carbonyl (C=O) groups is 1. The summed E-state index contributed by atoms with van der Waals surface area (Å²) >= 11 is 5.85. The molecule has 1 N–H and O–H groups in total. The van der Waals surface area contributed by atoms with Crippen LogP contribution < -0.4 is 0 Å². The minimum atomic E-state index is -1.29. The molecule has 0 aromatic heterocycles. The number of aliphatic hydroxyl groups is 1. The number of carbonyl (C=O) groups excluding carboxylic acids is 1. The van der Waals surface area contributed by atoms with Gasteiger partial charge in [0.15, 0.2) is 6.29 Å². The number of rotatable bonds is 3. The maximum atomic E-state index is 10.5. The summed E-state index contributed by atoms with van der Waals surface area (Å²) in [6.45, 7) is 3.38. The van der Waals surface area contributed by atoms with Gasteiger partial charge in [-0.1, -0.05) is 23.7 Å². The molecule has 0 radical (unpaired) electrons. The zero-order valence-electron chi connectivity index (χ0n) is 8.25. The molecule has 0 aliphatic heterocycles. The van der Waals surface area contributed by atoms with E-state index in [0.29, 0.717) is 17.7 Å². The summed E-state index contributed by atoms with van der Waals surface area (Å²) in [6.07, 6.45) is 0.867. The Morgan fingerprint density at radius 2 is 2.21 bits per heavy atom. The minimum absolute atomic E-state index is 0.314. The Balaban J connectivity index is 2.88. The summed E-state index contributed by atoms with van der Waals surface area (Å²) in [7, 11) is 0. The Bertz CT molecular complexity index is 345. The van der Waals surface area contributed by atoms with E-state index in [2.05, 4.69) is 0 Å². The Morgan fingerprint density at radius 1 is 1.57 bits per heavy atom. The normalized spacial score (nSPS) is 14.9. The first kappa shape index (κ1) is 11.2. The van der Waals surface area contributed by atoms with Crippen LogP contribution in [0, 0.1) is 6.92 Å². The maximum absolute atomic E-state index is 10.5. The van der Waals surface area contributed by atoms with Crippen molar-refractivity contribution >= 4 is 17.9 Å². The van der Waals surface area contributed by atoms with E-state index >= 15 is 0 Å². The second-order valence-electron chi connectivity index (χ2n) is 3.74. The molecular formula is C11H13ClO2. The van der Waals surface area contributed by atoms with Gasteiger partial charge in [0.25, 0.3) is 0 Å². The number of halogens is 1. The third kappa shape index (κ3) is 2.82. The zero-order valence-corrected chi connectivity index (χ0v) is 9.01. The quantitative estimate of drug-likeness (QED) is 0.780. The lowest BCUT2D eigenvalue weighted by Crippen LogP contribution is -2.28. The Morgan fingerprint density at radius 3 is 2.71 bits per heavy atom. The molecule has 0 amide bonds. The van der Waals surface area contributed by atoms with Crippen molar-refractivity contribution in [2.45, 2.75) is 25.9 Å².